The summed E-state index contributed by atoms with van der Waals surface area (Å²) < 4.78 is 5.37. The van der Waals surface area contributed by atoms with E-state index in [9.17, 15) is 0 Å². The van der Waals surface area contributed by atoms with Crippen LogP contribution < -0.4 is 16.2 Å². The third kappa shape index (κ3) is 0.940. The van der Waals surface area contributed by atoms with E-state index < -0.39 is 0 Å². The topological polar surface area (TPSA) is 61.3 Å². The maximum atomic E-state index is 5.83. The lowest BCUT2D eigenvalue weighted by Crippen LogP contribution is -2.11. The van der Waals surface area contributed by atoms with Crippen LogP contribution in [0.15, 0.2) is 12.1 Å². The first-order valence-electron chi connectivity index (χ1n) is 3.97. The fourth-order valence-corrected chi connectivity index (χ4v) is 1.65. The summed E-state index contributed by atoms with van der Waals surface area (Å²) in [4.78, 5) is 0. The highest BCUT2D eigenvalue weighted by Gasteiger charge is 2.22. The fourth-order valence-electron chi connectivity index (χ4n) is 1.65. The van der Waals surface area contributed by atoms with E-state index in [1.807, 2.05) is 19.1 Å². The molecule has 3 heteroatoms. The van der Waals surface area contributed by atoms with Crippen LogP contribution in [-0.2, 0) is 0 Å². The normalized spacial score (nSPS) is 20.3. The van der Waals surface area contributed by atoms with E-state index in [0.717, 1.165) is 22.6 Å². The lowest BCUT2D eigenvalue weighted by molar-refractivity contribution is 0.333. The lowest BCUT2D eigenvalue weighted by atomic mass is 10.0. The number of hydrogen-bond acceptors (Lipinski definition) is 3. The number of aryl methyl sites for hydroxylation is 1. The van der Waals surface area contributed by atoms with Crippen LogP contribution in [0.4, 0.5) is 5.69 Å². The molecule has 0 amide bonds. The molecule has 1 heterocycles. The van der Waals surface area contributed by atoms with Crippen LogP contribution in [-0.4, -0.2) is 6.61 Å². The van der Waals surface area contributed by atoms with Crippen molar-refractivity contribution in [2.24, 2.45) is 5.73 Å². The Morgan fingerprint density at radius 3 is 3.00 bits per heavy atom. The summed E-state index contributed by atoms with van der Waals surface area (Å²) in [5.41, 5.74) is 14.4. The Morgan fingerprint density at radius 2 is 2.25 bits per heavy atom. The molecule has 1 aromatic rings. The average molecular weight is 164 g/mol. The van der Waals surface area contributed by atoms with Gasteiger partial charge in [-0.25, -0.2) is 0 Å². The number of fused-ring (bicyclic) bond motifs is 1. The Bertz CT molecular complexity index is 323. The number of nitrogens with two attached hydrogens (primary N) is 2. The van der Waals surface area contributed by atoms with Crippen LogP contribution in [0.5, 0.6) is 5.75 Å². The van der Waals surface area contributed by atoms with Crippen LogP contribution in [0.3, 0.4) is 0 Å². The predicted octanol–water partition coefficient (Wildman–Crippen LogP) is 0.969. The van der Waals surface area contributed by atoms with Gasteiger partial charge in [-0.1, -0.05) is 0 Å². The maximum absolute atomic E-state index is 5.83. The molecule has 0 saturated carbocycles. The van der Waals surface area contributed by atoms with Gasteiger partial charge in [0, 0.05) is 17.3 Å². The van der Waals surface area contributed by atoms with Gasteiger partial charge in [0.2, 0.25) is 0 Å². The lowest BCUT2D eigenvalue weighted by Gasteiger charge is -2.05. The summed E-state index contributed by atoms with van der Waals surface area (Å²) in [6.07, 6.45) is 0. The molecular weight excluding hydrogens is 152 g/mol. The monoisotopic (exact) mass is 164 g/mol. The molecule has 1 aliphatic heterocycles. The van der Waals surface area contributed by atoms with E-state index in [2.05, 4.69) is 0 Å². The minimum Gasteiger partial charge on any atom is -0.491 e. The molecule has 0 radical (unpaired) electrons. The van der Waals surface area contributed by atoms with Crippen molar-refractivity contribution in [2.45, 2.75) is 13.0 Å². The van der Waals surface area contributed by atoms with Crippen LogP contribution in [0.2, 0.25) is 0 Å². The zero-order chi connectivity index (χ0) is 8.72. The number of hydrogen-bond donors (Lipinski definition) is 2. The fraction of sp³-hybridized carbons (Fsp3) is 0.333. The third-order valence-corrected chi connectivity index (χ3v) is 2.16. The summed E-state index contributed by atoms with van der Waals surface area (Å²) in [6.45, 7) is 2.57. The van der Waals surface area contributed by atoms with E-state index in [0.29, 0.717) is 6.61 Å². The number of rotatable bonds is 0. The zero-order valence-corrected chi connectivity index (χ0v) is 7.00. The van der Waals surface area contributed by atoms with Crippen LogP contribution >= 0.6 is 0 Å². The standard InChI is InChI=1S/C9H12N2O/c1-5-2-6(10)3-8-9(5)7(11)4-12-8/h2-3,7H,4,10-11H2,1H3/t7-/m0/s1. The highest BCUT2D eigenvalue weighted by atomic mass is 16.5. The number of ether oxygens (including phenoxy) is 1. The second-order valence-electron chi connectivity index (χ2n) is 3.17. The summed E-state index contributed by atoms with van der Waals surface area (Å²) in [5, 5.41) is 0. The Balaban J connectivity index is 2.60. The van der Waals surface area contributed by atoms with Gasteiger partial charge in [0.05, 0.1) is 6.04 Å². The first-order chi connectivity index (χ1) is 5.68. The van der Waals surface area contributed by atoms with E-state index in [1.54, 1.807) is 0 Å². The van der Waals surface area contributed by atoms with E-state index in [1.165, 1.54) is 0 Å². The van der Waals surface area contributed by atoms with Crippen molar-refractivity contribution in [1.29, 1.82) is 0 Å². The highest BCUT2D eigenvalue weighted by Crippen LogP contribution is 2.35. The molecule has 1 aliphatic rings. The smallest absolute Gasteiger partial charge is 0.126 e. The number of nitrogen functional groups attached to an aromatic ring is 1. The van der Waals surface area contributed by atoms with E-state index in [-0.39, 0.29) is 6.04 Å². The molecule has 1 aromatic carbocycles. The van der Waals surface area contributed by atoms with Crippen molar-refractivity contribution in [1.82, 2.24) is 0 Å². The molecule has 0 bridgehead atoms. The first kappa shape index (κ1) is 7.43. The van der Waals surface area contributed by atoms with Gasteiger partial charge in [-0.2, -0.15) is 0 Å². The number of benzene rings is 1. The van der Waals surface area contributed by atoms with Crippen molar-refractivity contribution < 1.29 is 4.74 Å². The molecule has 4 N–H and O–H groups in total. The van der Waals surface area contributed by atoms with Crippen LogP contribution in [0.1, 0.15) is 17.2 Å². The van der Waals surface area contributed by atoms with Gasteiger partial charge in [-0.3, -0.25) is 0 Å². The Labute approximate surface area is 71.3 Å². The van der Waals surface area contributed by atoms with Gasteiger partial charge in [-0.15, -0.1) is 0 Å². The van der Waals surface area contributed by atoms with Gasteiger partial charge in [-0.05, 0) is 18.6 Å². The highest BCUT2D eigenvalue weighted by molar-refractivity contribution is 5.55. The van der Waals surface area contributed by atoms with Crippen molar-refractivity contribution in [3.63, 3.8) is 0 Å². The van der Waals surface area contributed by atoms with Crippen molar-refractivity contribution in [2.75, 3.05) is 12.3 Å². The summed E-state index contributed by atoms with van der Waals surface area (Å²) >= 11 is 0. The molecule has 0 fully saturated rings. The van der Waals surface area contributed by atoms with Crippen molar-refractivity contribution >= 4 is 5.69 Å². The molecule has 1 atom stereocenters. The molecule has 0 saturated heterocycles. The minimum absolute atomic E-state index is 0.0144. The molecule has 12 heavy (non-hydrogen) atoms. The maximum Gasteiger partial charge on any atom is 0.126 e. The predicted molar refractivity (Wildman–Crippen MR) is 48.0 cm³/mol. The summed E-state index contributed by atoms with van der Waals surface area (Å²) in [6, 6.07) is 3.77. The van der Waals surface area contributed by atoms with Crippen LogP contribution in [0.25, 0.3) is 0 Å². The Hall–Kier alpha value is -1.22. The zero-order valence-electron chi connectivity index (χ0n) is 7.00. The molecule has 64 valence electrons. The van der Waals surface area contributed by atoms with Crippen molar-refractivity contribution in [3.8, 4) is 5.75 Å². The van der Waals surface area contributed by atoms with E-state index in [4.69, 9.17) is 16.2 Å². The third-order valence-electron chi connectivity index (χ3n) is 2.16. The van der Waals surface area contributed by atoms with Gasteiger partial charge >= 0.3 is 0 Å². The second kappa shape index (κ2) is 2.38. The van der Waals surface area contributed by atoms with Gasteiger partial charge in [0.25, 0.3) is 0 Å². The molecule has 2 rings (SSSR count). The van der Waals surface area contributed by atoms with Gasteiger partial charge in [0.1, 0.15) is 12.4 Å². The van der Waals surface area contributed by atoms with Gasteiger partial charge < -0.3 is 16.2 Å². The summed E-state index contributed by atoms with van der Waals surface area (Å²) in [5.74, 6) is 0.847. The average Bonchev–Trinajstić information content (AvgIpc) is 2.31. The SMILES string of the molecule is Cc1cc(N)cc2c1[C@@H](N)CO2. The van der Waals surface area contributed by atoms with E-state index >= 15 is 0 Å². The molecule has 0 unspecified atom stereocenters. The van der Waals surface area contributed by atoms with Crippen molar-refractivity contribution in [3.05, 3.63) is 23.3 Å². The molecule has 0 aliphatic carbocycles. The second-order valence-corrected chi connectivity index (χ2v) is 3.17. The first-order valence-corrected chi connectivity index (χ1v) is 3.97. The summed E-state index contributed by atoms with van der Waals surface area (Å²) in [7, 11) is 0. The Kier molecular flexibility index (Phi) is 1.48. The largest absolute Gasteiger partial charge is 0.491 e. The van der Waals surface area contributed by atoms with Crippen LogP contribution in [0, 0.1) is 6.92 Å². The molecule has 3 nitrogen and oxygen atoms in total. The minimum atomic E-state index is 0.0144. The van der Waals surface area contributed by atoms with Gasteiger partial charge in [0.15, 0.2) is 0 Å². The number of anilines is 1. The quantitative estimate of drug-likeness (QED) is 0.562. The molecular formula is C9H12N2O. The molecule has 0 aromatic heterocycles. The Morgan fingerprint density at radius 1 is 1.50 bits per heavy atom. The molecule has 0 spiro atoms.